The van der Waals surface area contributed by atoms with Crippen LogP contribution in [0.25, 0.3) is 0 Å². The second-order valence-electron chi connectivity index (χ2n) is 7.15. The van der Waals surface area contributed by atoms with Gasteiger partial charge in [0.2, 0.25) is 5.95 Å². The van der Waals surface area contributed by atoms with Crippen molar-refractivity contribution in [2.24, 2.45) is 0 Å². The maximum Gasteiger partial charge on any atom is 0.258 e. The van der Waals surface area contributed by atoms with Crippen molar-refractivity contribution in [3.8, 4) is 0 Å². The standard InChI is InChI=1S/C23H25N5O/c29-22(27-20-8-10-21(11-9-20)28-14-4-5-15-28)19-16-25-23(26-17-19)24-13-12-18-6-2-1-3-7-18/h1-3,6-11,16-17H,4-5,12-15H2,(H,27,29)(H,24,25,26). The van der Waals surface area contributed by atoms with E-state index in [1.807, 2.05) is 30.3 Å². The van der Waals surface area contributed by atoms with Crippen molar-refractivity contribution in [1.82, 2.24) is 9.97 Å². The zero-order chi connectivity index (χ0) is 19.9. The fourth-order valence-corrected chi connectivity index (χ4v) is 3.43. The minimum Gasteiger partial charge on any atom is -0.372 e. The lowest BCUT2D eigenvalue weighted by molar-refractivity contribution is 0.102. The average Bonchev–Trinajstić information content (AvgIpc) is 3.30. The topological polar surface area (TPSA) is 70.2 Å². The highest BCUT2D eigenvalue weighted by Gasteiger charge is 2.12. The van der Waals surface area contributed by atoms with Crippen LogP contribution in [0.15, 0.2) is 67.0 Å². The van der Waals surface area contributed by atoms with Gasteiger partial charge in [0.25, 0.3) is 5.91 Å². The number of rotatable bonds is 7. The van der Waals surface area contributed by atoms with E-state index in [0.29, 0.717) is 11.5 Å². The van der Waals surface area contributed by atoms with Crippen LogP contribution >= 0.6 is 0 Å². The van der Waals surface area contributed by atoms with E-state index in [0.717, 1.165) is 31.7 Å². The number of anilines is 3. The van der Waals surface area contributed by atoms with Gasteiger partial charge in [-0.2, -0.15) is 0 Å². The molecule has 4 rings (SSSR count). The molecule has 2 N–H and O–H groups in total. The van der Waals surface area contributed by atoms with Crippen LogP contribution in [0, 0.1) is 0 Å². The van der Waals surface area contributed by atoms with Crippen molar-refractivity contribution >= 4 is 23.2 Å². The molecule has 1 amide bonds. The Balaban J connectivity index is 1.28. The molecule has 29 heavy (non-hydrogen) atoms. The Labute approximate surface area is 171 Å². The number of carbonyl (C=O) groups is 1. The molecule has 1 aliphatic heterocycles. The second kappa shape index (κ2) is 9.19. The van der Waals surface area contributed by atoms with Crippen LogP contribution < -0.4 is 15.5 Å². The van der Waals surface area contributed by atoms with Crippen molar-refractivity contribution in [3.05, 3.63) is 78.1 Å². The molecule has 1 saturated heterocycles. The lowest BCUT2D eigenvalue weighted by Gasteiger charge is -2.17. The van der Waals surface area contributed by atoms with Crippen LogP contribution in [0.5, 0.6) is 0 Å². The van der Waals surface area contributed by atoms with Crippen molar-refractivity contribution in [2.45, 2.75) is 19.3 Å². The predicted octanol–water partition coefficient (Wildman–Crippen LogP) is 3.98. The van der Waals surface area contributed by atoms with Gasteiger partial charge in [-0.1, -0.05) is 30.3 Å². The second-order valence-corrected chi connectivity index (χ2v) is 7.15. The number of carbonyl (C=O) groups excluding carboxylic acids is 1. The number of nitrogens with one attached hydrogen (secondary N) is 2. The van der Waals surface area contributed by atoms with Gasteiger partial charge in [-0.05, 0) is 49.1 Å². The molecule has 0 radical (unpaired) electrons. The largest absolute Gasteiger partial charge is 0.372 e. The lowest BCUT2D eigenvalue weighted by Crippen LogP contribution is -2.17. The zero-order valence-electron chi connectivity index (χ0n) is 16.3. The van der Waals surface area contributed by atoms with Crippen molar-refractivity contribution in [3.63, 3.8) is 0 Å². The molecule has 1 aliphatic rings. The van der Waals surface area contributed by atoms with E-state index < -0.39 is 0 Å². The molecule has 0 unspecified atom stereocenters. The van der Waals surface area contributed by atoms with Gasteiger partial charge in [-0.25, -0.2) is 9.97 Å². The van der Waals surface area contributed by atoms with Gasteiger partial charge in [0.1, 0.15) is 0 Å². The molecule has 2 aromatic carbocycles. The van der Waals surface area contributed by atoms with Gasteiger partial charge in [0.05, 0.1) is 5.56 Å². The molecular weight excluding hydrogens is 362 g/mol. The van der Waals surface area contributed by atoms with E-state index in [1.54, 1.807) is 12.4 Å². The van der Waals surface area contributed by atoms with Gasteiger partial charge in [-0.3, -0.25) is 4.79 Å². The Hall–Kier alpha value is -3.41. The van der Waals surface area contributed by atoms with Crippen molar-refractivity contribution in [1.29, 1.82) is 0 Å². The van der Waals surface area contributed by atoms with Gasteiger partial charge in [0, 0.05) is 43.4 Å². The molecular formula is C23H25N5O. The Morgan fingerprint density at radius 3 is 2.31 bits per heavy atom. The Morgan fingerprint density at radius 2 is 1.62 bits per heavy atom. The number of aromatic nitrogens is 2. The quantitative estimate of drug-likeness (QED) is 0.642. The summed E-state index contributed by atoms with van der Waals surface area (Å²) in [5.74, 6) is 0.308. The first-order valence-electron chi connectivity index (χ1n) is 10.0. The fraction of sp³-hybridized carbons (Fsp3) is 0.261. The minimum absolute atomic E-state index is 0.213. The molecule has 0 aliphatic carbocycles. The highest BCUT2D eigenvalue weighted by molar-refractivity contribution is 6.03. The SMILES string of the molecule is O=C(Nc1ccc(N2CCCC2)cc1)c1cnc(NCCc2ccccc2)nc1. The van der Waals surface area contributed by atoms with Crippen LogP contribution in [0.4, 0.5) is 17.3 Å². The summed E-state index contributed by atoms with van der Waals surface area (Å²) in [7, 11) is 0. The Bertz CT molecular complexity index is 920. The molecule has 6 nitrogen and oxygen atoms in total. The molecule has 0 atom stereocenters. The smallest absolute Gasteiger partial charge is 0.258 e. The molecule has 6 heteroatoms. The van der Waals surface area contributed by atoms with Gasteiger partial charge in [-0.15, -0.1) is 0 Å². The normalized spacial score (nSPS) is 13.3. The van der Waals surface area contributed by atoms with E-state index in [9.17, 15) is 4.79 Å². The fourth-order valence-electron chi connectivity index (χ4n) is 3.43. The molecule has 0 saturated carbocycles. The molecule has 0 spiro atoms. The van der Waals surface area contributed by atoms with E-state index >= 15 is 0 Å². The third-order valence-corrected chi connectivity index (χ3v) is 5.05. The number of benzene rings is 2. The first-order valence-corrected chi connectivity index (χ1v) is 10.0. The molecule has 2 heterocycles. The number of hydrogen-bond donors (Lipinski definition) is 2. The first-order chi connectivity index (χ1) is 14.3. The van der Waals surface area contributed by atoms with Gasteiger partial charge in [0.15, 0.2) is 0 Å². The highest BCUT2D eigenvalue weighted by atomic mass is 16.1. The van der Waals surface area contributed by atoms with Gasteiger partial charge < -0.3 is 15.5 Å². The van der Waals surface area contributed by atoms with E-state index in [4.69, 9.17) is 0 Å². The van der Waals surface area contributed by atoms with Crippen molar-refractivity contribution < 1.29 is 4.79 Å². The van der Waals surface area contributed by atoms with Crippen molar-refractivity contribution in [2.75, 3.05) is 35.2 Å². The third-order valence-electron chi connectivity index (χ3n) is 5.05. The summed E-state index contributed by atoms with van der Waals surface area (Å²) >= 11 is 0. The van der Waals surface area contributed by atoms with Crippen LogP contribution in [0.3, 0.4) is 0 Å². The number of hydrogen-bond acceptors (Lipinski definition) is 5. The van der Waals surface area contributed by atoms with Crippen LogP contribution in [0.1, 0.15) is 28.8 Å². The van der Waals surface area contributed by atoms with E-state index in [2.05, 4.69) is 49.8 Å². The van der Waals surface area contributed by atoms with E-state index in [-0.39, 0.29) is 5.91 Å². The first kappa shape index (κ1) is 18.9. The molecule has 3 aromatic rings. The predicted molar refractivity (Wildman–Crippen MR) is 117 cm³/mol. The lowest BCUT2D eigenvalue weighted by atomic mass is 10.1. The van der Waals surface area contributed by atoms with Crippen LogP contribution in [0.2, 0.25) is 0 Å². The summed E-state index contributed by atoms with van der Waals surface area (Å²) in [6, 6.07) is 18.2. The molecule has 1 fully saturated rings. The summed E-state index contributed by atoms with van der Waals surface area (Å²) < 4.78 is 0. The minimum atomic E-state index is -0.213. The number of amides is 1. The Morgan fingerprint density at radius 1 is 0.931 bits per heavy atom. The molecule has 1 aromatic heterocycles. The van der Waals surface area contributed by atoms with Crippen LogP contribution in [-0.4, -0.2) is 35.5 Å². The Kier molecular flexibility index (Phi) is 6.00. The maximum atomic E-state index is 12.4. The summed E-state index contributed by atoms with van der Waals surface area (Å²) in [6.45, 7) is 2.95. The highest BCUT2D eigenvalue weighted by Crippen LogP contribution is 2.22. The summed E-state index contributed by atoms with van der Waals surface area (Å²) in [5.41, 5.74) is 3.66. The third kappa shape index (κ3) is 5.10. The summed E-state index contributed by atoms with van der Waals surface area (Å²) in [6.07, 6.45) is 6.47. The number of nitrogens with zero attached hydrogens (tertiary/aromatic N) is 3. The summed E-state index contributed by atoms with van der Waals surface area (Å²) in [5, 5.41) is 6.09. The molecule has 148 valence electrons. The zero-order valence-corrected chi connectivity index (χ0v) is 16.3. The van der Waals surface area contributed by atoms with Gasteiger partial charge >= 0.3 is 0 Å². The van der Waals surface area contributed by atoms with E-state index in [1.165, 1.54) is 24.1 Å². The maximum absolute atomic E-state index is 12.4. The molecule has 0 bridgehead atoms. The van der Waals surface area contributed by atoms with Crippen LogP contribution in [-0.2, 0) is 6.42 Å². The average molecular weight is 387 g/mol. The monoisotopic (exact) mass is 387 g/mol. The summed E-state index contributed by atoms with van der Waals surface area (Å²) in [4.78, 5) is 23.3.